The predicted molar refractivity (Wildman–Crippen MR) is 105 cm³/mol. The number of benzene rings is 2. The molecule has 0 heterocycles. The van der Waals surface area contributed by atoms with Gasteiger partial charge in [0.2, 0.25) is 0 Å². The van der Waals surface area contributed by atoms with Crippen molar-refractivity contribution in [2.24, 2.45) is 11.5 Å². The van der Waals surface area contributed by atoms with Gasteiger partial charge in [-0.1, -0.05) is 42.8 Å². The van der Waals surface area contributed by atoms with E-state index in [-0.39, 0.29) is 18.4 Å². The number of hydrogen-bond acceptors (Lipinski definition) is 4. The van der Waals surface area contributed by atoms with Gasteiger partial charge in [-0.15, -0.1) is 12.4 Å². The monoisotopic (exact) mass is 364 g/mol. The van der Waals surface area contributed by atoms with Crippen LogP contribution in [0.3, 0.4) is 0 Å². The molecule has 0 amide bonds. The minimum Gasteiger partial charge on any atom is -0.490 e. The zero-order valence-corrected chi connectivity index (χ0v) is 15.6. The van der Waals surface area contributed by atoms with Crippen LogP contribution in [-0.2, 0) is 6.61 Å². The fourth-order valence-corrected chi connectivity index (χ4v) is 2.55. The molecule has 4 nitrogen and oxygen atoms in total. The molecule has 2 rings (SSSR count). The maximum atomic E-state index is 6.28. The summed E-state index contributed by atoms with van der Waals surface area (Å²) in [5.41, 5.74) is 14.0. The maximum Gasteiger partial charge on any atom is 0.161 e. The molecule has 0 aliphatic rings. The van der Waals surface area contributed by atoms with Crippen molar-refractivity contribution in [3.63, 3.8) is 0 Å². The second-order valence-corrected chi connectivity index (χ2v) is 5.80. The smallest absolute Gasteiger partial charge is 0.161 e. The lowest BCUT2D eigenvalue weighted by molar-refractivity contribution is 0.269. The molecule has 0 aliphatic carbocycles. The highest BCUT2D eigenvalue weighted by atomic mass is 35.5. The average Bonchev–Trinajstić information content (AvgIpc) is 2.62. The largest absolute Gasteiger partial charge is 0.490 e. The molecule has 0 saturated heterocycles. The second kappa shape index (κ2) is 11.7. The van der Waals surface area contributed by atoms with E-state index in [0.717, 1.165) is 41.9 Å². The van der Waals surface area contributed by atoms with E-state index < -0.39 is 0 Å². The fourth-order valence-electron chi connectivity index (χ4n) is 2.55. The van der Waals surface area contributed by atoms with Gasteiger partial charge in [0.05, 0.1) is 6.61 Å². The molecular formula is C20H29ClN2O2. The summed E-state index contributed by atoms with van der Waals surface area (Å²) in [5.74, 6) is 1.50. The first-order chi connectivity index (χ1) is 11.7. The van der Waals surface area contributed by atoms with Crippen LogP contribution in [0, 0.1) is 0 Å². The summed E-state index contributed by atoms with van der Waals surface area (Å²) in [6.45, 7) is 3.79. The molecule has 0 bridgehead atoms. The third-order valence-corrected chi connectivity index (χ3v) is 3.90. The number of rotatable bonds is 10. The predicted octanol–water partition coefficient (Wildman–Crippen LogP) is 4.21. The first kappa shape index (κ1) is 21.3. The Hall–Kier alpha value is -1.75. The molecule has 0 fully saturated rings. The Morgan fingerprint density at radius 2 is 1.72 bits per heavy atom. The van der Waals surface area contributed by atoms with Crippen LogP contribution in [0.4, 0.5) is 0 Å². The van der Waals surface area contributed by atoms with Gasteiger partial charge in [0.1, 0.15) is 6.61 Å². The van der Waals surface area contributed by atoms with Crippen LogP contribution in [0.5, 0.6) is 11.5 Å². The van der Waals surface area contributed by atoms with E-state index >= 15 is 0 Å². The van der Waals surface area contributed by atoms with Crippen LogP contribution >= 0.6 is 12.4 Å². The SMILES string of the molecule is CCOc1cc([C@@H](N)CCCCN)ccc1OCc1ccccc1.Cl. The lowest BCUT2D eigenvalue weighted by atomic mass is 10.0. The van der Waals surface area contributed by atoms with Crippen molar-refractivity contribution in [2.45, 2.75) is 38.8 Å². The van der Waals surface area contributed by atoms with Gasteiger partial charge in [0.15, 0.2) is 11.5 Å². The molecule has 0 spiro atoms. The lowest BCUT2D eigenvalue weighted by Gasteiger charge is -2.17. The molecule has 0 aliphatic heterocycles. The minimum atomic E-state index is -0.000991. The highest BCUT2D eigenvalue weighted by Crippen LogP contribution is 2.32. The van der Waals surface area contributed by atoms with Crippen LogP contribution in [0.2, 0.25) is 0 Å². The lowest BCUT2D eigenvalue weighted by Crippen LogP contribution is -2.11. The highest BCUT2D eigenvalue weighted by Gasteiger charge is 2.11. The van der Waals surface area contributed by atoms with Crippen molar-refractivity contribution < 1.29 is 9.47 Å². The van der Waals surface area contributed by atoms with Crippen LogP contribution in [0.15, 0.2) is 48.5 Å². The van der Waals surface area contributed by atoms with Gasteiger partial charge in [0, 0.05) is 6.04 Å². The van der Waals surface area contributed by atoms with E-state index in [1.807, 2.05) is 55.5 Å². The second-order valence-electron chi connectivity index (χ2n) is 5.80. The van der Waals surface area contributed by atoms with E-state index in [9.17, 15) is 0 Å². The molecule has 0 radical (unpaired) electrons. The Bertz CT molecular complexity index is 608. The molecule has 1 atom stereocenters. The van der Waals surface area contributed by atoms with E-state index in [4.69, 9.17) is 20.9 Å². The van der Waals surface area contributed by atoms with Crippen LogP contribution < -0.4 is 20.9 Å². The Balaban J connectivity index is 0.00000312. The minimum absolute atomic E-state index is 0. The first-order valence-corrected chi connectivity index (χ1v) is 8.63. The van der Waals surface area contributed by atoms with E-state index in [0.29, 0.717) is 19.8 Å². The van der Waals surface area contributed by atoms with Crippen molar-refractivity contribution in [1.29, 1.82) is 0 Å². The molecule has 0 unspecified atom stereocenters. The molecule has 25 heavy (non-hydrogen) atoms. The molecule has 0 saturated carbocycles. The summed E-state index contributed by atoms with van der Waals surface area (Å²) in [4.78, 5) is 0. The number of nitrogens with two attached hydrogens (primary N) is 2. The Morgan fingerprint density at radius 3 is 2.40 bits per heavy atom. The summed E-state index contributed by atoms with van der Waals surface area (Å²) < 4.78 is 11.7. The molecule has 2 aromatic carbocycles. The van der Waals surface area contributed by atoms with E-state index in [2.05, 4.69) is 0 Å². The summed E-state index contributed by atoms with van der Waals surface area (Å²) in [5, 5.41) is 0. The van der Waals surface area contributed by atoms with Crippen LogP contribution in [-0.4, -0.2) is 13.2 Å². The van der Waals surface area contributed by atoms with Gasteiger partial charge in [-0.2, -0.15) is 0 Å². The molecule has 5 heteroatoms. The topological polar surface area (TPSA) is 70.5 Å². The molecule has 0 aromatic heterocycles. The average molecular weight is 365 g/mol. The van der Waals surface area contributed by atoms with Gasteiger partial charge >= 0.3 is 0 Å². The van der Waals surface area contributed by atoms with E-state index in [1.165, 1.54) is 0 Å². The summed E-state index contributed by atoms with van der Waals surface area (Å²) in [7, 11) is 0. The quantitative estimate of drug-likeness (QED) is 0.619. The summed E-state index contributed by atoms with van der Waals surface area (Å²) >= 11 is 0. The third-order valence-electron chi connectivity index (χ3n) is 3.90. The van der Waals surface area contributed by atoms with Crippen LogP contribution in [0.1, 0.15) is 43.4 Å². The van der Waals surface area contributed by atoms with Gasteiger partial charge in [-0.25, -0.2) is 0 Å². The van der Waals surface area contributed by atoms with E-state index in [1.54, 1.807) is 0 Å². The fraction of sp³-hybridized carbons (Fsp3) is 0.400. The third kappa shape index (κ3) is 6.94. The van der Waals surface area contributed by atoms with Gasteiger partial charge in [-0.05, 0) is 49.6 Å². The highest BCUT2D eigenvalue weighted by molar-refractivity contribution is 5.85. The number of ether oxygens (including phenoxy) is 2. The van der Waals surface area contributed by atoms with Crippen molar-refractivity contribution in [3.8, 4) is 11.5 Å². The molecule has 4 N–H and O–H groups in total. The normalized spacial score (nSPS) is 11.5. The van der Waals surface area contributed by atoms with Crippen LogP contribution in [0.25, 0.3) is 0 Å². The van der Waals surface area contributed by atoms with Crippen molar-refractivity contribution >= 4 is 12.4 Å². The van der Waals surface area contributed by atoms with Crippen molar-refractivity contribution in [3.05, 3.63) is 59.7 Å². The molecule has 2 aromatic rings. The maximum absolute atomic E-state index is 6.28. The zero-order valence-electron chi connectivity index (χ0n) is 14.8. The Kier molecular flexibility index (Phi) is 10.0. The standard InChI is InChI=1S/C20H28N2O2.ClH/c1-2-23-20-14-17(18(22)10-6-7-13-21)11-12-19(20)24-15-16-8-4-3-5-9-16;/h3-5,8-9,11-12,14,18H,2,6-7,10,13,15,21-22H2,1H3;1H/t18-;/m0./s1. The zero-order chi connectivity index (χ0) is 17.2. The Labute approximate surface area is 156 Å². The van der Waals surface area contributed by atoms with Crippen molar-refractivity contribution in [2.75, 3.05) is 13.2 Å². The number of unbranched alkanes of at least 4 members (excludes halogenated alkanes) is 1. The van der Waals surface area contributed by atoms with Gasteiger partial charge in [-0.3, -0.25) is 0 Å². The van der Waals surface area contributed by atoms with Gasteiger partial charge in [0.25, 0.3) is 0 Å². The number of hydrogen-bond donors (Lipinski definition) is 2. The molecular weight excluding hydrogens is 336 g/mol. The summed E-state index contributed by atoms with van der Waals surface area (Å²) in [6.07, 6.45) is 2.96. The summed E-state index contributed by atoms with van der Waals surface area (Å²) in [6, 6.07) is 16.1. The van der Waals surface area contributed by atoms with Gasteiger partial charge < -0.3 is 20.9 Å². The Morgan fingerprint density at radius 1 is 0.960 bits per heavy atom. The van der Waals surface area contributed by atoms with Crippen molar-refractivity contribution in [1.82, 2.24) is 0 Å². The molecule has 138 valence electrons. The number of halogens is 1. The first-order valence-electron chi connectivity index (χ1n) is 8.63.